The second-order valence-electron chi connectivity index (χ2n) is 22.7. The first-order valence-electron chi connectivity index (χ1n) is 34.7. The van der Waals surface area contributed by atoms with Crippen LogP contribution in [0.2, 0.25) is 0 Å². The van der Waals surface area contributed by atoms with Crippen molar-refractivity contribution in [3.63, 3.8) is 0 Å². The van der Waals surface area contributed by atoms with Crippen LogP contribution in [0.25, 0.3) is 0 Å². The number of esters is 3. The molecule has 0 saturated carbocycles. The van der Waals surface area contributed by atoms with Gasteiger partial charge in [-0.15, -0.1) is 0 Å². The van der Waals surface area contributed by atoms with Crippen molar-refractivity contribution in [1.29, 1.82) is 0 Å². The Balaban J connectivity index is 4.39. The van der Waals surface area contributed by atoms with Gasteiger partial charge in [0.2, 0.25) is 0 Å². The smallest absolute Gasteiger partial charge is 0.309 e. The Morgan fingerprint density at radius 2 is 0.518 bits per heavy atom. The minimum atomic E-state index is -0.825. The number of hydrogen-bond donors (Lipinski definition) is 0. The number of allylic oxidation sites excluding steroid dienone is 21. The molecule has 0 radical (unpaired) electrons. The van der Waals surface area contributed by atoms with Crippen LogP contribution in [-0.2, 0) is 28.6 Å². The largest absolute Gasteiger partial charge is 0.462 e. The number of carbonyl (C=O) groups is 3. The predicted molar refractivity (Wildman–Crippen MR) is 362 cm³/mol. The Morgan fingerprint density at radius 1 is 0.265 bits per heavy atom. The van der Waals surface area contributed by atoms with E-state index in [-0.39, 0.29) is 31.6 Å². The molecule has 0 bridgehead atoms. The van der Waals surface area contributed by atoms with Crippen molar-refractivity contribution < 1.29 is 28.6 Å². The first-order valence-corrected chi connectivity index (χ1v) is 34.7. The molecule has 0 rings (SSSR count). The van der Waals surface area contributed by atoms with Crippen LogP contribution in [0.15, 0.2) is 134 Å². The van der Waals surface area contributed by atoms with Crippen molar-refractivity contribution in [1.82, 2.24) is 0 Å². The highest BCUT2D eigenvalue weighted by Crippen LogP contribution is 2.16. The highest BCUT2D eigenvalue weighted by molar-refractivity contribution is 5.72. The van der Waals surface area contributed by atoms with E-state index in [1.54, 1.807) is 6.08 Å². The summed E-state index contributed by atoms with van der Waals surface area (Å²) < 4.78 is 16.9. The first kappa shape index (κ1) is 78.5. The molecule has 1 atom stereocenters. The van der Waals surface area contributed by atoms with Crippen LogP contribution in [0.5, 0.6) is 0 Å². The Kier molecular flexibility index (Phi) is 66.3. The molecular formula is C77H128O6. The van der Waals surface area contributed by atoms with Crippen LogP contribution in [-0.4, -0.2) is 37.2 Å². The third kappa shape index (κ3) is 68.2. The molecule has 0 fully saturated rings. The van der Waals surface area contributed by atoms with E-state index >= 15 is 0 Å². The summed E-state index contributed by atoms with van der Waals surface area (Å²) in [5.74, 6) is -1.04. The molecule has 0 aromatic heterocycles. The minimum absolute atomic E-state index is 0.112. The van der Waals surface area contributed by atoms with E-state index in [1.807, 2.05) is 6.08 Å². The third-order valence-corrected chi connectivity index (χ3v) is 14.7. The lowest BCUT2D eigenvalue weighted by Crippen LogP contribution is -2.30. The maximum Gasteiger partial charge on any atom is 0.309 e. The zero-order chi connectivity index (χ0) is 59.9. The fraction of sp³-hybridized carbons (Fsp3) is 0.675. The zero-order valence-electron chi connectivity index (χ0n) is 54.2. The normalized spacial score (nSPS) is 13.0. The Hall–Kier alpha value is -4.45. The van der Waals surface area contributed by atoms with E-state index in [2.05, 4.69) is 142 Å². The Morgan fingerprint density at radius 3 is 0.855 bits per heavy atom. The minimum Gasteiger partial charge on any atom is -0.462 e. The summed E-state index contributed by atoms with van der Waals surface area (Å²) >= 11 is 0. The van der Waals surface area contributed by atoms with Gasteiger partial charge in [-0.3, -0.25) is 14.4 Å². The summed E-state index contributed by atoms with van der Waals surface area (Å²) in [6.45, 7) is 6.35. The Bertz CT molecular complexity index is 1750. The lowest BCUT2D eigenvalue weighted by molar-refractivity contribution is -0.166. The van der Waals surface area contributed by atoms with Gasteiger partial charge in [-0.2, -0.15) is 0 Å². The van der Waals surface area contributed by atoms with Crippen LogP contribution in [0.4, 0.5) is 0 Å². The molecule has 6 heteroatoms. The van der Waals surface area contributed by atoms with Crippen molar-refractivity contribution in [2.24, 2.45) is 0 Å². The molecule has 0 saturated heterocycles. The van der Waals surface area contributed by atoms with Crippen molar-refractivity contribution in [3.05, 3.63) is 134 Å². The van der Waals surface area contributed by atoms with Gasteiger partial charge in [0, 0.05) is 12.8 Å². The summed E-state index contributed by atoms with van der Waals surface area (Å²) in [6.07, 6.45) is 99.3. The van der Waals surface area contributed by atoms with Crippen LogP contribution in [0.3, 0.4) is 0 Å². The molecular weight excluding hydrogens is 1020 g/mol. The van der Waals surface area contributed by atoms with Crippen LogP contribution in [0, 0.1) is 0 Å². The van der Waals surface area contributed by atoms with Gasteiger partial charge in [0.25, 0.3) is 0 Å². The highest BCUT2D eigenvalue weighted by Gasteiger charge is 2.19. The van der Waals surface area contributed by atoms with Gasteiger partial charge in [-0.25, -0.2) is 0 Å². The molecule has 6 nitrogen and oxygen atoms in total. The maximum absolute atomic E-state index is 13.0. The molecule has 83 heavy (non-hydrogen) atoms. The van der Waals surface area contributed by atoms with Gasteiger partial charge < -0.3 is 14.2 Å². The average molecular weight is 1150 g/mol. The van der Waals surface area contributed by atoms with Crippen LogP contribution in [0.1, 0.15) is 316 Å². The Labute approximate surface area is 513 Å². The van der Waals surface area contributed by atoms with E-state index in [0.29, 0.717) is 12.8 Å². The number of unbranched alkanes of at least 4 members (excludes halogenated alkanes) is 30. The molecule has 0 heterocycles. The van der Waals surface area contributed by atoms with Crippen molar-refractivity contribution in [3.8, 4) is 0 Å². The molecule has 0 aliphatic heterocycles. The fourth-order valence-electron chi connectivity index (χ4n) is 9.54. The van der Waals surface area contributed by atoms with E-state index in [0.717, 1.165) is 103 Å². The number of ether oxygens (including phenoxy) is 3. The quantitative estimate of drug-likeness (QED) is 0.0261. The molecule has 1 unspecified atom stereocenters. The van der Waals surface area contributed by atoms with Crippen LogP contribution < -0.4 is 0 Å². The lowest BCUT2D eigenvalue weighted by Gasteiger charge is -2.18. The van der Waals surface area contributed by atoms with Crippen molar-refractivity contribution in [2.75, 3.05) is 13.2 Å². The fourth-order valence-corrected chi connectivity index (χ4v) is 9.54. The van der Waals surface area contributed by atoms with Gasteiger partial charge >= 0.3 is 17.9 Å². The monoisotopic (exact) mass is 1150 g/mol. The molecule has 472 valence electrons. The number of hydrogen-bond acceptors (Lipinski definition) is 6. The first-order chi connectivity index (χ1) is 41.0. The lowest BCUT2D eigenvalue weighted by atomic mass is 10.0. The van der Waals surface area contributed by atoms with Gasteiger partial charge in [-0.05, 0) is 116 Å². The zero-order valence-corrected chi connectivity index (χ0v) is 54.2. The SMILES string of the molecule is CC/C=C\C/C=C\C/C=C\C/C=C\C/C=C\CCCCCCCCCCCCCC(=O)OCC(COC(=O)C/C=C\C/C=C\C/C=C\C/C=C\C/C=C\CC)OC(=O)CCCCCCCCCCCCC/C=C\CCCCCCCCCC. The molecule has 0 amide bonds. The molecule has 0 N–H and O–H groups in total. The number of carbonyl (C=O) groups excluding carboxylic acids is 3. The van der Waals surface area contributed by atoms with Gasteiger partial charge in [-0.1, -0.05) is 315 Å². The van der Waals surface area contributed by atoms with Crippen molar-refractivity contribution in [2.45, 2.75) is 322 Å². The topological polar surface area (TPSA) is 78.9 Å². The summed E-state index contributed by atoms with van der Waals surface area (Å²) in [5.41, 5.74) is 0. The average Bonchev–Trinajstić information content (AvgIpc) is 3.49. The molecule has 0 aromatic rings. The third-order valence-electron chi connectivity index (χ3n) is 14.7. The second kappa shape index (κ2) is 70.0. The highest BCUT2D eigenvalue weighted by atomic mass is 16.6. The molecule has 0 aromatic carbocycles. The number of rotatable bonds is 62. The van der Waals surface area contributed by atoms with Crippen LogP contribution >= 0.6 is 0 Å². The predicted octanol–water partition coefficient (Wildman–Crippen LogP) is 24.1. The summed E-state index contributed by atoms with van der Waals surface area (Å²) in [5, 5.41) is 0. The summed E-state index contributed by atoms with van der Waals surface area (Å²) in [7, 11) is 0. The van der Waals surface area contributed by atoms with E-state index in [4.69, 9.17) is 14.2 Å². The molecule has 0 aliphatic rings. The van der Waals surface area contributed by atoms with E-state index in [1.165, 1.54) is 173 Å². The maximum atomic E-state index is 13.0. The second-order valence-corrected chi connectivity index (χ2v) is 22.7. The summed E-state index contributed by atoms with van der Waals surface area (Å²) in [6, 6.07) is 0. The molecule has 0 spiro atoms. The van der Waals surface area contributed by atoms with E-state index in [9.17, 15) is 14.4 Å². The van der Waals surface area contributed by atoms with Gasteiger partial charge in [0.1, 0.15) is 13.2 Å². The summed E-state index contributed by atoms with van der Waals surface area (Å²) in [4.78, 5) is 38.4. The van der Waals surface area contributed by atoms with Gasteiger partial charge in [0.15, 0.2) is 6.10 Å². The standard InChI is InChI=1S/C77H128O6/c1-4-7-10-13-16-19-22-25-28-30-32-34-36-37-38-39-41-42-44-46-49-52-55-58-61-64-67-70-76(79)82-73-74(72-81-75(78)69-66-63-60-57-54-51-48-27-24-21-18-15-12-9-6-3)83-77(80)71-68-65-62-59-56-53-50-47-45-43-40-35-33-31-29-26-23-20-17-14-11-8-5-2/h7,9-10,12,16,18-19,21,25,27-28,31-34,37-38,48,54,57,63,66,74H,4-6,8,11,13-15,17,20,22-24,26,29-30,35-36,39-47,49-53,55-56,58-62,64-65,67-73H2,1-3H3/b10-7-,12-9-,19-16-,21-18-,28-25-,33-31-,34-32-,38-37-,48-27-,57-54-,66-63-. The van der Waals surface area contributed by atoms with Crippen molar-refractivity contribution >= 4 is 17.9 Å². The van der Waals surface area contributed by atoms with Gasteiger partial charge in [0.05, 0.1) is 6.42 Å². The molecule has 0 aliphatic carbocycles. The van der Waals surface area contributed by atoms with E-state index < -0.39 is 12.1 Å².